The summed E-state index contributed by atoms with van der Waals surface area (Å²) in [7, 11) is 0. The van der Waals surface area contributed by atoms with E-state index in [0.717, 1.165) is 12.1 Å². The van der Waals surface area contributed by atoms with Crippen LogP contribution in [0.15, 0.2) is 16.6 Å². The van der Waals surface area contributed by atoms with E-state index < -0.39 is 10.7 Å². The average molecular weight is 320 g/mol. The van der Waals surface area contributed by atoms with Gasteiger partial charge in [0.15, 0.2) is 5.78 Å². The van der Waals surface area contributed by atoms with E-state index in [1.165, 1.54) is 0 Å². The molecule has 0 heterocycles. The first-order valence-electron chi connectivity index (χ1n) is 5.12. The monoisotopic (exact) mass is 319 g/mol. The van der Waals surface area contributed by atoms with Crippen molar-refractivity contribution in [1.82, 2.24) is 0 Å². The van der Waals surface area contributed by atoms with E-state index in [1.54, 1.807) is 13.8 Å². The molecule has 0 saturated heterocycles. The van der Waals surface area contributed by atoms with E-state index in [1.807, 2.05) is 0 Å². The Morgan fingerprint density at radius 1 is 1.56 bits per heavy atom. The molecule has 0 unspecified atom stereocenters. The number of carbonyl (C=O) groups is 1. The molecule has 0 bridgehead atoms. The van der Waals surface area contributed by atoms with Crippen LogP contribution in [0.1, 0.15) is 13.8 Å². The Bertz CT molecular complexity index is 490. The molecule has 0 atom stereocenters. The molecule has 0 saturated carbocycles. The van der Waals surface area contributed by atoms with Gasteiger partial charge in [-0.2, -0.15) is 0 Å². The van der Waals surface area contributed by atoms with Gasteiger partial charge in [0.2, 0.25) is 5.75 Å². The zero-order valence-corrected chi connectivity index (χ0v) is 11.4. The quantitative estimate of drug-likeness (QED) is 0.617. The highest BCUT2D eigenvalue weighted by molar-refractivity contribution is 9.10. The number of halogens is 2. The van der Waals surface area contributed by atoms with Crippen molar-refractivity contribution in [3.8, 4) is 5.75 Å². The van der Waals surface area contributed by atoms with Crippen LogP contribution < -0.4 is 4.74 Å². The van der Waals surface area contributed by atoms with Crippen molar-refractivity contribution in [3.05, 3.63) is 32.5 Å². The first kappa shape index (κ1) is 14.6. The minimum atomic E-state index is -0.695. The lowest BCUT2D eigenvalue weighted by Crippen LogP contribution is -2.17. The molecule has 7 heteroatoms. The van der Waals surface area contributed by atoms with Crippen LogP contribution >= 0.6 is 15.9 Å². The van der Waals surface area contributed by atoms with Gasteiger partial charge in [-0.1, -0.05) is 13.8 Å². The zero-order valence-electron chi connectivity index (χ0n) is 9.78. The molecule has 0 aliphatic carbocycles. The third-order valence-electron chi connectivity index (χ3n) is 2.21. The second-order valence-electron chi connectivity index (χ2n) is 3.90. The maximum atomic E-state index is 13.3. The van der Waals surface area contributed by atoms with Gasteiger partial charge in [-0.3, -0.25) is 14.9 Å². The summed E-state index contributed by atoms with van der Waals surface area (Å²) < 4.78 is 18.2. The molecule has 0 aromatic heterocycles. The number of ether oxygens (including phenoxy) is 1. The van der Waals surface area contributed by atoms with Gasteiger partial charge in [-0.15, -0.1) is 0 Å². The summed E-state index contributed by atoms with van der Waals surface area (Å²) in [5, 5.41) is 10.8. The van der Waals surface area contributed by atoms with Gasteiger partial charge in [0, 0.05) is 18.1 Å². The maximum absolute atomic E-state index is 13.3. The SMILES string of the molecule is CC(C)C(=O)COc1cc(F)c(Br)cc1[N+](=O)[O-]. The van der Waals surface area contributed by atoms with Crippen molar-refractivity contribution < 1.29 is 18.8 Å². The number of nitro benzene ring substituents is 1. The molecular weight excluding hydrogens is 309 g/mol. The number of ketones is 1. The molecule has 0 radical (unpaired) electrons. The molecule has 5 nitrogen and oxygen atoms in total. The lowest BCUT2D eigenvalue weighted by molar-refractivity contribution is -0.385. The summed E-state index contributed by atoms with van der Waals surface area (Å²) in [5.41, 5.74) is -0.389. The van der Waals surface area contributed by atoms with Gasteiger partial charge in [-0.25, -0.2) is 4.39 Å². The van der Waals surface area contributed by atoms with E-state index in [-0.39, 0.29) is 34.2 Å². The molecule has 0 aliphatic rings. The molecule has 0 spiro atoms. The lowest BCUT2D eigenvalue weighted by Gasteiger charge is -2.08. The summed E-state index contributed by atoms with van der Waals surface area (Å²) in [4.78, 5) is 21.4. The van der Waals surface area contributed by atoms with Gasteiger partial charge in [0.1, 0.15) is 12.4 Å². The van der Waals surface area contributed by atoms with Gasteiger partial charge >= 0.3 is 5.69 Å². The Labute approximate surface area is 111 Å². The fraction of sp³-hybridized carbons (Fsp3) is 0.364. The topological polar surface area (TPSA) is 69.4 Å². The largest absolute Gasteiger partial charge is 0.479 e. The number of hydrogen-bond acceptors (Lipinski definition) is 4. The Balaban J connectivity index is 2.97. The van der Waals surface area contributed by atoms with Crippen LogP contribution in [0.25, 0.3) is 0 Å². The first-order valence-corrected chi connectivity index (χ1v) is 5.91. The number of hydrogen-bond donors (Lipinski definition) is 0. The molecule has 0 fully saturated rings. The van der Waals surface area contributed by atoms with Crippen LogP contribution in [0.2, 0.25) is 0 Å². The van der Waals surface area contributed by atoms with Gasteiger partial charge in [-0.05, 0) is 15.9 Å². The van der Waals surface area contributed by atoms with Crippen molar-refractivity contribution in [2.24, 2.45) is 5.92 Å². The molecule has 1 aromatic carbocycles. The van der Waals surface area contributed by atoms with Crippen LogP contribution in [0.3, 0.4) is 0 Å². The lowest BCUT2D eigenvalue weighted by atomic mass is 10.1. The minimum Gasteiger partial charge on any atom is -0.479 e. The van der Waals surface area contributed by atoms with Crippen LogP contribution in [0.4, 0.5) is 10.1 Å². The highest BCUT2D eigenvalue weighted by atomic mass is 79.9. The summed E-state index contributed by atoms with van der Waals surface area (Å²) in [5.74, 6) is -1.40. The molecule has 1 aromatic rings. The van der Waals surface area contributed by atoms with Crippen molar-refractivity contribution >= 4 is 27.4 Å². The Morgan fingerprint density at radius 2 is 2.17 bits per heavy atom. The van der Waals surface area contributed by atoms with Gasteiger partial charge < -0.3 is 4.74 Å². The smallest absolute Gasteiger partial charge is 0.312 e. The Kier molecular flexibility index (Phi) is 4.77. The molecule has 0 N–H and O–H groups in total. The van der Waals surface area contributed by atoms with Crippen LogP contribution in [-0.4, -0.2) is 17.3 Å². The number of carbonyl (C=O) groups excluding carboxylic acids is 1. The highest BCUT2D eigenvalue weighted by Gasteiger charge is 2.20. The van der Waals surface area contributed by atoms with Gasteiger partial charge in [0.05, 0.1) is 9.40 Å². The molecule has 1 rings (SSSR count). The molecule has 0 aliphatic heterocycles. The van der Waals surface area contributed by atoms with Crippen molar-refractivity contribution in [1.29, 1.82) is 0 Å². The fourth-order valence-corrected chi connectivity index (χ4v) is 1.42. The van der Waals surface area contributed by atoms with Crippen LogP contribution in [0.5, 0.6) is 5.75 Å². The normalized spacial score (nSPS) is 10.5. The summed E-state index contributed by atoms with van der Waals surface area (Å²) in [6, 6.07) is 1.89. The third kappa shape index (κ3) is 3.49. The predicted octanol–water partition coefficient (Wildman–Crippen LogP) is 3.10. The van der Waals surface area contributed by atoms with E-state index >= 15 is 0 Å². The van der Waals surface area contributed by atoms with Crippen LogP contribution in [0, 0.1) is 21.8 Å². The standard InChI is InChI=1S/C11H11BrFNO4/c1-6(2)10(15)5-18-11-4-8(13)7(12)3-9(11)14(16)17/h3-4,6H,5H2,1-2H3. The van der Waals surface area contributed by atoms with Crippen molar-refractivity contribution in [3.63, 3.8) is 0 Å². The van der Waals surface area contributed by atoms with E-state index in [4.69, 9.17) is 4.74 Å². The number of nitrogens with zero attached hydrogens (tertiary/aromatic N) is 1. The highest BCUT2D eigenvalue weighted by Crippen LogP contribution is 2.32. The second-order valence-corrected chi connectivity index (χ2v) is 4.76. The fourth-order valence-electron chi connectivity index (χ4n) is 1.09. The van der Waals surface area contributed by atoms with E-state index in [0.29, 0.717) is 0 Å². The summed E-state index contributed by atoms with van der Waals surface area (Å²) in [6.07, 6.45) is 0. The number of nitro groups is 1. The first-order chi connectivity index (χ1) is 8.32. The number of rotatable bonds is 5. The predicted molar refractivity (Wildman–Crippen MR) is 66.1 cm³/mol. The van der Waals surface area contributed by atoms with E-state index in [2.05, 4.69) is 15.9 Å². The average Bonchev–Trinajstić information content (AvgIpc) is 2.29. The maximum Gasteiger partial charge on any atom is 0.312 e. The Hall–Kier alpha value is -1.50. The van der Waals surface area contributed by atoms with Gasteiger partial charge in [0.25, 0.3) is 0 Å². The summed E-state index contributed by atoms with van der Waals surface area (Å²) >= 11 is 2.85. The molecule has 18 heavy (non-hydrogen) atoms. The third-order valence-corrected chi connectivity index (χ3v) is 2.82. The number of Topliss-reactive ketones (excluding diaryl/α,β-unsaturated/α-hetero) is 1. The molecule has 0 amide bonds. The molecular formula is C11H11BrFNO4. The molecule has 98 valence electrons. The summed E-state index contributed by atoms with van der Waals surface area (Å²) in [6.45, 7) is 3.05. The Morgan fingerprint density at radius 3 is 2.67 bits per heavy atom. The zero-order chi connectivity index (χ0) is 13.9. The van der Waals surface area contributed by atoms with Crippen molar-refractivity contribution in [2.75, 3.05) is 6.61 Å². The van der Waals surface area contributed by atoms with Crippen molar-refractivity contribution in [2.45, 2.75) is 13.8 Å². The minimum absolute atomic E-state index is 0.0308. The second kappa shape index (κ2) is 5.90. The van der Waals surface area contributed by atoms with E-state index in [9.17, 15) is 19.3 Å². The number of benzene rings is 1. The van der Waals surface area contributed by atoms with Crippen LogP contribution in [-0.2, 0) is 4.79 Å².